The van der Waals surface area contributed by atoms with Crippen LogP contribution in [0, 0.1) is 0 Å². The fourth-order valence-corrected chi connectivity index (χ4v) is 0.615. The lowest BCUT2D eigenvalue weighted by molar-refractivity contribution is -0.296. The van der Waals surface area contributed by atoms with Gasteiger partial charge < -0.3 is 10.3 Å². The molecule has 0 fully saturated rings. The minimum Gasteiger partial charge on any atom is -0.394 e. The van der Waals surface area contributed by atoms with Crippen LogP contribution < -0.4 is 5.73 Å². The topological polar surface area (TPSA) is 52.0 Å². The summed E-state index contributed by atoms with van der Waals surface area (Å²) in [5, 5.41) is 2.72. The second-order valence-corrected chi connectivity index (χ2v) is 2.18. The number of nitrogens with two attached hydrogens (primary N) is 1. The summed E-state index contributed by atoms with van der Waals surface area (Å²) in [7, 11) is 0. The second-order valence-electron chi connectivity index (χ2n) is 2.18. The highest BCUT2D eigenvalue weighted by molar-refractivity contribution is 5.41. The van der Waals surface area contributed by atoms with Crippen molar-refractivity contribution < 1.29 is 26.5 Å². The zero-order valence-electron chi connectivity index (χ0n) is 5.90. The van der Waals surface area contributed by atoms with Crippen LogP contribution in [0.5, 0.6) is 0 Å². The third-order valence-electron chi connectivity index (χ3n) is 1.24. The maximum absolute atomic E-state index is 12.4. The summed E-state index contributed by atoms with van der Waals surface area (Å²) in [6.07, 6.45) is -5.16. The van der Waals surface area contributed by atoms with Crippen LogP contribution in [-0.2, 0) is 5.92 Å². The van der Waals surface area contributed by atoms with Gasteiger partial charge in [-0.15, -0.1) is 0 Å². The van der Waals surface area contributed by atoms with Gasteiger partial charge in [-0.1, -0.05) is 5.16 Å². The molecule has 0 aliphatic carbocycles. The molecular weight excluding hydrogens is 199 g/mol. The molecule has 3 nitrogen and oxygen atoms in total. The van der Waals surface area contributed by atoms with Gasteiger partial charge in [-0.3, -0.25) is 0 Å². The molecule has 0 bridgehead atoms. The summed E-state index contributed by atoms with van der Waals surface area (Å²) in [6, 6.07) is 0. The van der Waals surface area contributed by atoms with Crippen molar-refractivity contribution in [3.8, 4) is 0 Å². The minimum atomic E-state index is -5.74. The Morgan fingerprint density at radius 3 is 2.08 bits per heavy atom. The lowest BCUT2D eigenvalue weighted by Crippen LogP contribution is -2.33. The van der Waals surface area contributed by atoms with Crippen molar-refractivity contribution in [2.75, 3.05) is 5.73 Å². The molecule has 2 N–H and O–H groups in total. The van der Waals surface area contributed by atoms with Crippen molar-refractivity contribution in [2.24, 2.45) is 0 Å². The van der Waals surface area contributed by atoms with E-state index in [4.69, 9.17) is 5.73 Å². The van der Waals surface area contributed by atoms with Gasteiger partial charge in [-0.2, -0.15) is 22.0 Å². The van der Waals surface area contributed by atoms with E-state index in [0.717, 1.165) is 0 Å². The van der Waals surface area contributed by atoms with E-state index in [9.17, 15) is 22.0 Å². The van der Waals surface area contributed by atoms with E-state index in [1.54, 1.807) is 0 Å². The smallest absolute Gasteiger partial charge is 0.394 e. The van der Waals surface area contributed by atoms with E-state index in [-0.39, 0.29) is 0 Å². The van der Waals surface area contributed by atoms with E-state index in [1.165, 1.54) is 0 Å². The fraction of sp³-hybridized carbons (Fsp3) is 0.400. The van der Waals surface area contributed by atoms with Gasteiger partial charge in [0.2, 0.25) is 5.76 Å². The maximum atomic E-state index is 12.4. The normalized spacial score (nSPS) is 13.3. The van der Waals surface area contributed by atoms with Crippen LogP contribution in [0.4, 0.5) is 27.6 Å². The van der Waals surface area contributed by atoms with E-state index in [0.29, 0.717) is 6.20 Å². The average Bonchev–Trinajstić information content (AvgIpc) is 2.32. The zero-order chi connectivity index (χ0) is 10.3. The minimum absolute atomic E-state index is 0.578. The molecule has 74 valence electrons. The van der Waals surface area contributed by atoms with Gasteiger partial charge in [0.05, 0.1) is 6.20 Å². The maximum Gasteiger partial charge on any atom is 0.461 e. The number of hydrogen-bond donors (Lipinski definition) is 1. The molecule has 8 heteroatoms. The number of anilines is 1. The van der Waals surface area contributed by atoms with Gasteiger partial charge in [0, 0.05) is 0 Å². The summed E-state index contributed by atoms with van der Waals surface area (Å²) >= 11 is 0. The van der Waals surface area contributed by atoms with Crippen LogP contribution in [0.1, 0.15) is 5.76 Å². The van der Waals surface area contributed by atoms with E-state index in [2.05, 4.69) is 9.68 Å². The standard InChI is InChI=1S/C5H3F5N2O/c6-4(7,5(8,9)10)3-2(11)1-12-13-3/h1H,11H2. The molecule has 1 aromatic rings. The molecule has 1 rings (SSSR count). The van der Waals surface area contributed by atoms with Crippen LogP contribution in [-0.4, -0.2) is 11.3 Å². The summed E-state index contributed by atoms with van der Waals surface area (Å²) < 4.78 is 63.6. The summed E-state index contributed by atoms with van der Waals surface area (Å²) in [5.41, 5.74) is 3.96. The highest BCUT2D eigenvalue weighted by Crippen LogP contribution is 2.45. The van der Waals surface area contributed by atoms with Gasteiger partial charge in [-0.25, -0.2) is 0 Å². The molecular formula is C5H3F5N2O. The second kappa shape index (κ2) is 2.57. The van der Waals surface area contributed by atoms with Crippen molar-refractivity contribution >= 4 is 5.69 Å². The van der Waals surface area contributed by atoms with Crippen LogP contribution in [0.3, 0.4) is 0 Å². The van der Waals surface area contributed by atoms with Crippen LogP contribution in [0.25, 0.3) is 0 Å². The van der Waals surface area contributed by atoms with E-state index in [1.807, 2.05) is 0 Å². The van der Waals surface area contributed by atoms with Crippen molar-refractivity contribution in [1.82, 2.24) is 5.16 Å². The van der Waals surface area contributed by atoms with Gasteiger partial charge in [0.15, 0.2) is 0 Å². The number of hydrogen-bond acceptors (Lipinski definition) is 3. The van der Waals surface area contributed by atoms with Gasteiger partial charge >= 0.3 is 12.1 Å². The average molecular weight is 202 g/mol. The number of nitrogens with zero attached hydrogens (tertiary/aromatic N) is 1. The summed E-state index contributed by atoms with van der Waals surface area (Å²) in [4.78, 5) is 0. The first-order valence-electron chi connectivity index (χ1n) is 2.92. The summed E-state index contributed by atoms with van der Waals surface area (Å²) in [6.45, 7) is 0. The first-order chi connectivity index (χ1) is 5.77. The lowest BCUT2D eigenvalue weighted by atomic mass is 10.2. The first kappa shape index (κ1) is 9.75. The van der Waals surface area contributed by atoms with Gasteiger partial charge in [0.25, 0.3) is 0 Å². The highest BCUT2D eigenvalue weighted by Gasteiger charge is 2.62. The van der Waals surface area contributed by atoms with Crippen molar-refractivity contribution in [3.63, 3.8) is 0 Å². The number of halogens is 5. The Kier molecular flexibility index (Phi) is 1.93. The molecule has 13 heavy (non-hydrogen) atoms. The Morgan fingerprint density at radius 1 is 1.23 bits per heavy atom. The van der Waals surface area contributed by atoms with E-state index < -0.39 is 23.5 Å². The van der Waals surface area contributed by atoms with Crippen molar-refractivity contribution in [2.45, 2.75) is 12.1 Å². The lowest BCUT2D eigenvalue weighted by Gasteiger charge is -2.16. The molecule has 0 unspecified atom stereocenters. The molecule has 0 saturated heterocycles. The Hall–Kier alpha value is -1.34. The van der Waals surface area contributed by atoms with Crippen LogP contribution in [0.15, 0.2) is 10.7 Å². The molecule has 0 atom stereocenters. The van der Waals surface area contributed by atoms with Crippen LogP contribution in [0.2, 0.25) is 0 Å². The number of alkyl halides is 5. The molecule has 0 aliphatic heterocycles. The Bertz CT molecular complexity index is 304. The highest BCUT2D eigenvalue weighted by atomic mass is 19.4. The zero-order valence-corrected chi connectivity index (χ0v) is 5.90. The number of rotatable bonds is 1. The SMILES string of the molecule is Nc1cnoc1C(F)(F)C(F)(F)F. The first-order valence-corrected chi connectivity index (χ1v) is 2.92. The monoisotopic (exact) mass is 202 g/mol. The summed E-state index contributed by atoms with van der Waals surface area (Å²) in [5.74, 6) is -6.78. The Balaban J connectivity index is 3.15. The molecule has 0 saturated carbocycles. The van der Waals surface area contributed by atoms with Gasteiger partial charge in [-0.05, 0) is 0 Å². The molecule has 1 heterocycles. The predicted octanol–water partition coefficient (Wildman–Crippen LogP) is 1.91. The van der Waals surface area contributed by atoms with Gasteiger partial charge in [0.1, 0.15) is 5.69 Å². The van der Waals surface area contributed by atoms with E-state index >= 15 is 0 Å². The fourth-order valence-electron chi connectivity index (χ4n) is 0.615. The predicted molar refractivity (Wildman–Crippen MR) is 30.9 cm³/mol. The third kappa shape index (κ3) is 1.43. The molecule has 0 spiro atoms. The molecule has 0 radical (unpaired) electrons. The largest absolute Gasteiger partial charge is 0.461 e. The quantitative estimate of drug-likeness (QED) is 0.707. The third-order valence-corrected chi connectivity index (χ3v) is 1.24. The Labute approximate surface area is 68.3 Å². The molecule has 0 amide bonds. The molecule has 0 aliphatic rings. The molecule has 1 aromatic heterocycles. The number of nitrogen functional groups attached to an aromatic ring is 1. The number of aromatic nitrogens is 1. The Morgan fingerprint density at radius 2 is 1.77 bits per heavy atom. The van der Waals surface area contributed by atoms with Crippen molar-refractivity contribution in [1.29, 1.82) is 0 Å². The van der Waals surface area contributed by atoms with Crippen LogP contribution >= 0.6 is 0 Å². The molecule has 0 aromatic carbocycles. The van der Waals surface area contributed by atoms with Crippen molar-refractivity contribution in [3.05, 3.63) is 12.0 Å².